The van der Waals surface area contributed by atoms with Gasteiger partial charge in [-0.2, -0.15) is 5.26 Å². The first-order valence-corrected chi connectivity index (χ1v) is 8.59. The summed E-state index contributed by atoms with van der Waals surface area (Å²) < 4.78 is 5.10. The number of rotatable bonds is 5. The molecule has 3 rings (SSSR count). The highest BCUT2D eigenvalue weighted by Gasteiger charge is 2.48. The van der Waals surface area contributed by atoms with E-state index in [-0.39, 0.29) is 11.3 Å². The van der Waals surface area contributed by atoms with Crippen LogP contribution in [0.3, 0.4) is 0 Å². The van der Waals surface area contributed by atoms with Gasteiger partial charge in [0, 0.05) is 39.9 Å². The van der Waals surface area contributed by atoms with Crippen molar-refractivity contribution in [1.82, 2.24) is 9.88 Å². The number of ether oxygens (including phenoxy) is 1. The second-order valence-electron chi connectivity index (χ2n) is 6.69. The Balaban J connectivity index is 1.70. The third-order valence-corrected chi connectivity index (χ3v) is 5.13. The van der Waals surface area contributed by atoms with Crippen molar-refractivity contribution < 1.29 is 9.53 Å². The highest BCUT2D eigenvalue weighted by Crippen LogP contribution is 2.41. The number of piperidine rings is 1. The molecule has 2 aliphatic rings. The molecule has 2 saturated heterocycles. The molecule has 6 nitrogen and oxygen atoms in total. The number of carbonyl (C=O) groups excluding carboxylic acids is 1. The lowest BCUT2D eigenvalue weighted by atomic mass is 9.78. The van der Waals surface area contributed by atoms with Crippen molar-refractivity contribution in [2.24, 2.45) is 5.41 Å². The van der Waals surface area contributed by atoms with Crippen LogP contribution in [0.2, 0.25) is 0 Å². The Hall–Kier alpha value is -2.13. The molecule has 1 spiro atoms. The molecule has 1 aromatic rings. The predicted molar refractivity (Wildman–Crippen MR) is 90.5 cm³/mol. The summed E-state index contributed by atoms with van der Waals surface area (Å²) in [7, 11) is 1.69. The van der Waals surface area contributed by atoms with Gasteiger partial charge in [0.1, 0.15) is 17.6 Å². The number of likely N-dealkylation sites (tertiary alicyclic amines) is 1. The Morgan fingerprint density at radius 2 is 2.25 bits per heavy atom. The van der Waals surface area contributed by atoms with Crippen LogP contribution < -0.4 is 4.90 Å². The number of hydrogen-bond acceptors (Lipinski definition) is 5. The zero-order chi connectivity index (χ0) is 17.0. The highest BCUT2D eigenvalue weighted by atomic mass is 16.5. The minimum atomic E-state index is -0.282. The molecule has 1 atom stereocenters. The molecule has 1 aromatic heterocycles. The molecule has 128 valence electrons. The lowest BCUT2D eigenvalue weighted by Gasteiger charge is -2.39. The van der Waals surface area contributed by atoms with Gasteiger partial charge in [-0.05, 0) is 37.8 Å². The summed E-state index contributed by atoms with van der Waals surface area (Å²) >= 11 is 0. The molecule has 0 bridgehead atoms. The molecule has 0 aromatic carbocycles. The molecule has 0 aliphatic carbocycles. The van der Waals surface area contributed by atoms with Gasteiger partial charge in [0.15, 0.2) is 0 Å². The van der Waals surface area contributed by atoms with Gasteiger partial charge >= 0.3 is 0 Å². The summed E-state index contributed by atoms with van der Waals surface area (Å²) in [6.45, 7) is 3.84. The molecule has 24 heavy (non-hydrogen) atoms. The number of nitrogens with zero attached hydrogens (tertiary/aromatic N) is 4. The van der Waals surface area contributed by atoms with Gasteiger partial charge in [0.25, 0.3) is 0 Å². The van der Waals surface area contributed by atoms with Gasteiger partial charge in [-0.15, -0.1) is 0 Å². The Morgan fingerprint density at radius 1 is 1.38 bits per heavy atom. The summed E-state index contributed by atoms with van der Waals surface area (Å²) in [6, 6.07) is 7.56. The number of carbonyl (C=O) groups is 1. The molecule has 0 radical (unpaired) electrons. The van der Waals surface area contributed by atoms with Gasteiger partial charge in [-0.3, -0.25) is 4.79 Å². The van der Waals surface area contributed by atoms with E-state index in [0.717, 1.165) is 51.1 Å². The van der Waals surface area contributed by atoms with Crippen molar-refractivity contribution in [1.29, 1.82) is 5.26 Å². The highest BCUT2D eigenvalue weighted by molar-refractivity contribution is 5.85. The zero-order valence-electron chi connectivity index (χ0n) is 14.2. The van der Waals surface area contributed by atoms with Crippen molar-refractivity contribution in [2.45, 2.75) is 25.7 Å². The fourth-order valence-electron chi connectivity index (χ4n) is 3.87. The van der Waals surface area contributed by atoms with Crippen molar-refractivity contribution in [3.63, 3.8) is 0 Å². The summed E-state index contributed by atoms with van der Waals surface area (Å²) in [5.41, 5.74) is 0.139. The average molecular weight is 328 g/mol. The van der Waals surface area contributed by atoms with Crippen LogP contribution in [0.15, 0.2) is 18.2 Å². The van der Waals surface area contributed by atoms with Gasteiger partial charge in [0.2, 0.25) is 5.91 Å². The topological polar surface area (TPSA) is 69.5 Å². The molecular weight excluding hydrogens is 304 g/mol. The van der Waals surface area contributed by atoms with Gasteiger partial charge in [0.05, 0.1) is 5.41 Å². The Kier molecular flexibility index (Phi) is 5.00. The van der Waals surface area contributed by atoms with Crippen LogP contribution in [0.1, 0.15) is 31.4 Å². The predicted octanol–water partition coefficient (Wildman–Crippen LogP) is 1.81. The van der Waals surface area contributed by atoms with E-state index < -0.39 is 0 Å². The Labute approximate surface area is 143 Å². The first-order chi connectivity index (χ1) is 11.7. The quantitative estimate of drug-likeness (QED) is 0.771. The largest absolute Gasteiger partial charge is 0.385 e. The number of amides is 1. The van der Waals surface area contributed by atoms with Crippen LogP contribution in [0.25, 0.3) is 0 Å². The second kappa shape index (κ2) is 7.18. The lowest BCUT2D eigenvalue weighted by Crippen LogP contribution is -2.50. The van der Waals surface area contributed by atoms with Crippen molar-refractivity contribution in [3.05, 3.63) is 23.9 Å². The summed E-state index contributed by atoms with van der Waals surface area (Å²) in [6.07, 6.45) is 3.75. The molecular formula is C18H24N4O2. The van der Waals surface area contributed by atoms with Gasteiger partial charge < -0.3 is 14.5 Å². The van der Waals surface area contributed by atoms with E-state index in [0.29, 0.717) is 18.8 Å². The van der Waals surface area contributed by atoms with Crippen LogP contribution >= 0.6 is 0 Å². The van der Waals surface area contributed by atoms with E-state index in [2.05, 4.69) is 16.0 Å². The maximum atomic E-state index is 13.0. The molecule has 2 aliphatic heterocycles. The number of methoxy groups -OCH3 is 1. The molecule has 2 fully saturated rings. The van der Waals surface area contributed by atoms with E-state index in [1.165, 1.54) is 0 Å². The van der Waals surface area contributed by atoms with E-state index in [4.69, 9.17) is 10.00 Å². The van der Waals surface area contributed by atoms with E-state index >= 15 is 0 Å². The number of anilines is 1. The van der Waals surface area contributed by atoms with Crippen LogP contribution in [0.4, 0.5) is 5.82 Å². The third-order valence-electron chi connectivity index (χ3n) is 5.13. The monoisotopic (exact) mass is 328 g/mol. The van der Waals surface area contributed by atoms with E-state index in [9.17, 15) is 4.79 Å². The molecule has 0 N–H and O–H groups in total. The van der Waals surface area contributed by atoms with E-state index in [1.54, 1.807) is 13.2 Å². The maximum Gasteiger partial charge on any atom is 0.230 e. The van der Waals surface area contributed by atoms with Crippen LogP contribution in [0, 0.1) is 16.7 Å². The van der Waals surface area contributed by atoms with Gasteiger partial charge in [-0.1, -0.05) is 6.07 Å². The summed E-state index contributed by atoms with van der Waals surface area (Å²) in [5, 5.41) is 9.02. The fourth-order valence-corrected chi connectivity index (χ4v) is 3.87. The average Bonchev–Trinajstić information content (AvgIpc) is 3.04. The van der Waals surface area contributed by atoms with Crippen molar-refractivity contribution in [3.8, 4) is 6.07 Å². The van der Waals surface area contributed by atoms with Gasteiger partial charge in [-0.25, -0.2) is 4.98 Å². The summed E-state index contributed by atoms with van der Waals surface area (Å²) in [4.78, 5) is 21.6. The number of aromatic nitrogens is 1. The van der Waals surface area contributed by atoms with Crippen LogP contribution in [-0.4, -0.2) is 55.7 Å². The first-order valence-electron chi connectivity index (χ1n) is 8.59. The normalized spacial score (nSPS) is 23.8. The number of hydrogen-bond donors (Lipinski definition) is 0. The van der Waals surface area contributed by atoms with Crippen molar-refractivity contribution in [2.75, 3.05) is 44.8 Å². The minimum absolute atomic E-state index is 0.281. The first kappa shape index (κ1) is 16.7. The Morgan fingerprint density at radius 3 is 3.04 bits per heavy atom. The number of pyridine rings is 1. The standard InChI is InChI=1S/C18H24N4O2/c1-24-12-4-10-21-9-3-7-18(17(21)23)8-11-22(14-18)16-6-2-5-15(13-19)20-16/h2,5-6H,3-4,7-12,14H2,1H3. The minimum Gasteiger partial charge on any atom is -0.385 e. The molecule has 3 heterocycles. The second-order valence-corrected chi connectivity index (χ2v) is 6.69. The smallest absolute Gasteiger partial charge is 0.230 e. The number of nitriles is 1. The SMILES string of the molecule is COCCCN1CCCC2(CCN(c3cccc(C#N)n3)C2)C1=O. The molecule has 6 heteroatoms. The maximum absolute atomic E-state index is 13.0. The summed E-state index contributed by atoms with van der Waals surface area (Å²) in [5.74, 6) is 1.08. The van der Waals surface area contributed by atoms with Crippen LogP contribution in [-0.2, 0) is 9.53 Å². The Bertz CT molecular complexity index is 642. The van der Waals surface area contributed by atoms with E-state index in [1.807, 2.05) is 17.0 Å². The third kappa shape index (κ3) is 3.22. The van der Waals surface area contributed by atoms with Crippen LogP contribution in [0.5, 0.6) is 0 Å². The molecule has 0 saturated carbocycles. The van der Waals surface area contributed by atoms with Crippen molar-refractivity contribution >= 4 is 11.7 Å². The zero-order valence-corrected chi connectivity index (χ0v) is 14.2. The molecule has 1 unspecified atom stereocenters. The lowest BCUT2D eigenvalue weighted by molar-refractivity contribution is -0.145. The molecule has 1 amide bonds. The fraction of sp³-hybridized carbons (Fsp3) is 0.611.